The highest BCUT2D eigenvalue weighted by molar-refractivity contribution is 7.93. The van der Waals surface area contributed by atoms with E-state index in [9.17, 15) is 30.4 Å². The Hall–Kier alpha value is -3.59. The summed E-state index contributed by atoms with van der Waals surface area (Å²) in [5.41, 5.74) is 0.182. The molecule has 2 N–H and O–H groups in total. The Labute approximate surface area is 220 Å². The lowest BCUT2D eigenvalue weighted by molar-refractivity contribution is -0.137. The van der Waals surface area contributed by atoms with Crippen LogP contribution in [0.1, 0.15) is 29.7 Å². The van der Waals surface area contributed by atoms with Gasteiger partial charge in [0.1, 0.15) is 6.33 Å². The van der Waals surface area contributed by atoms with Crippen molar-refractivity contribution < 1.29 is 39.5 Å². The van der Waals surface area contributed by atoms with Crippen LogP contribution in [-0.2, 0) is 27.5 Å². The van der Waals surface area contributed by atoms with Gasteiger partial charge in [-0.05, 0) is 35.4 Å². The molecule has 0 spiro atoms. The second-order valence-electron chi connectivity index (χ2n) is 8.73. The average molecular weight is 576 g/mol. The summed E-state index contributed by atoms with van der Waals surface area (Å²) in [6, 6.07) is 9.44. The maximum atomic E-state index is 15.5. The van der Waals surface area contributed by atoms with Crippen molar-refractivity contribution in [1.82, 2.24) is 9.97 Å². The van der Waals surface area contributed by atoms with Crippen LogP contribution in [0.3, 0.4) is 0 Å². The van der Waals surface area contributed by atoms with E-state index in [2.05, 4.69) is 15.3 Å². The highest BCUT2D eigenvalue weighted by Crippen LogP contribution is 2.34. The molecule has 15 heteroatoms. The van der Waals surface area contributed by atoms with Crippen LogP contribution in [0.4, 0.5) is 43.7 Å². The number of hydrogen-bond donors (Lipinski definition) is 2. The van der Waals surface area contributed by atoms with Crippen LogP contribution >= 0.6 is 0 Å². The third-order valence-corrected chi connectivity index (χ3v) is 7.38. The minimum Gasteiger partial charge on any atom is -0.377 e. The lowest BCUT2D eigenvalue weighted by atomic mass is 10.0. The molecule has 1 fully saturated rings. The quantitative estimate of drug-likeness (QED) is 0.358. The van der Waals surface area contributed by atoms with Crippen molar-refractivity contribution in [3.05, 3.63) is 77.4 Å². The normalized spacial score (nSPS) is 16.7. The van der Waals surface area contributed by atoms with Gasteiger partial charge in [-0.1, -0.05) is 24.3 Å². The molecule has 0 bridgehead atoms. The lowest BCUT2D eigenvalue weighted by Crippen LogP contribution is -2.40. The minimum atomic E-state index is -4.90. The van der Waals surface area contributed by atoms with Gasteiger partial charge in [0.15, 0.2) is 11.6 Å². The van der Waals surface area contributed by atoms with Crippen LogP contribution in [-0.4, -0.2) is 43.4 Å². The summed E-state index contributed by atoms with van der Waals surface area (Å²) in [6.07, 6.45) is -3.35. The Kier molecular flexibility index (Phi) is 7.93. The van der Waals surface area contributed by atoms with E-state index < -0.39 is 38.9 Å². The zero-order chi connectivity index (χ0) is 28.4. The highest BCUT2D eigenvalue weighted by Gasteiger charge is 2.39. The minimum absolute atomic E-state index is 0.0514. The Bertz CT molecular complexity index is 1400. The second kappa shape index (κ2) is 10.9. The zero-order valence-electron chi connectivity index (χ0n) is 20.3. The molecule has 1 atom stereocenters. The topological polar surface area (TPSA) is 96.5 Å². The fourth-order valence-corrected chi connectivity index (χ4v) is 4.46. The Morgan fingerprint density at radius 1 is 1.03 bits per heavy atom. The van der Waals surface area contributed by atoms with E-state index in [0.717, 1.165) is 18.5 Å². The highest BCUT2D eigenvalue weighted by atomic mass is 32.2. The molecule has 1 saturated heterocycles. The fraction of sp³-hybridized carbons (Fsp3) is 0.333. The van der Waals surface area contributed by atoms with Crippen molar-refractivity contribution in [2.75, 3.05) is 34.7 Å². The van der Waals surface area contributed by atoms with Gasteiger partial charge in [-0.25, -0.2) is 18.4 Å². The molecule has 39 heavy (non-hydrogen) atoms. The smallest absolute Gasteiger partial charge is 0.377 e. The zero-order valence-corrected chi connectivity index (χ0v) is 21.2. The number of rotatable bonds is 8. The third-order valence-electron chi connectivity index (χ3n) is 5.93. The first-order valence-electron chi connectivity index (χ1n) is 11.5. The number of morpholine rings is 1. The molecule has 1 aliphatic rings. The van der Waals surface area contributed by atoms with E-state index in [0.29, 0.717) is 11.1 Å². The summed E-state index contributed by atoms with van der Waals surface area (Å²) in [7, 11) is -4.90. The molecular formula is C24H23F6N5O3S. The first kappa shape index (κ1) is 28.4. The van der Waals surface area contributed by atoms with Crippen molar-refractivity contribution in [2.45, 2.75) is 30.9 Å². The standard InChI is InChI=1S/C24H23F6N5O3S/c1-23(26,27)39(36,37)34-18-8-2-15(3-9-18)12-31-21-20(25)22(33-14-32-21)35-10-11-38-13-19(35)16-4-6-17(7-5-16)24(28,29)30/h2-9,14,19,34H,10-13H2,1H3,(H,31,32,33). The Morgan fingerprint density at radius 2 is 1.69 bits per heavy atom. The van der Waals surface area contributed by atoms with E-state index >= 15 is 4.39 Å². The third kappa shape index (κ3) is 6.53. The van der Waals surface area contributed by atoms with E-state index in [1.165, 1.54) is 36.4 Å². The summed E-state index contributed by atoms with van der Waals surface area (Å²) in [5.74, 6) is -0.995. The van der Waals surface area contributed by atoms with E-state index in [-0.39, 0.29) is 50.6 Å². The first-order chi connectivity index (χ1) is 18.3. The predicted octanol–water partition coefficient (Wildman–Crippen LogP) is 5.18. The Morgan fingerprint density at radius 3 is 2.31 bits per heavy atom. The molecule has 1 aliphatic heterocycles. The maximum absolute atomic E-state index is 15.5. The summed E-state index contributed by atoms with van der Waals surface area (Å²) in [5, 5.41) is -1.16. The summed E-state index contributed by atoms with van der Waals surface area (Å²) in [4.78, 5) is 9.57. The molecule has 4 rings (SSSR count). The number of hydrogen-bond acceptors (Lipinski definition) is 7. The maximum Gasteiger partial charge on any atom is 0.416 e. The van der Waals surface area contributed by atoms with Crippen molar-refractivity contribution in [2.24, 2.45) is 0 Å². The van der Waals surface area contributed by atoms with Gasteiger partial charge in [-0.15, -0.1) is 0 Å². The lowest BCUT2D eigenvalue weighted by Gasteiger charge is -2.37. The van der Waals surface area contributed by atoms with Crippen LogP contribution in [0.5, 0.6) is 0 Å². The van der Waals surface area contributed by atoms with Crippen molar-refractivity contribution >= 4 is 27.3 Å². The van der Waals surface area contributed by atoms with Gasteiger partial charge in [0.05, 0.1) is 24.8 Å². The second-order valence-corrected chi connectivity index (χ2v) is 10.7. The van der Waals surface area contributed by atoms with Crippen molar-refractivity contribution in [3.63, 3.8) is 0 Å². The molecule has 0 amide bonds. The predicted molar refractivity (Wildman–Crippen MR) is 131 cm³/mol. The number of anilines is 3. The van der Waals surface area contributed by atoms with Gasteiger partial charge in [-0.3, -0.25) is 4.72 Å². The largest absolute Gasteiger partial charge is 0.416 e. The van der Waals surface area contributed by atoms with Crippen LogP contribution in [0.2, 0.25) is 0 Å². The SMILES string of the molecule is CC(F)(F)S(=O)(=O)Nc1ccc(CNc2ncnc(N3CCOCC3c3ccc(C(F)(F)F)cc3)c2F)cc1. The van der Waals surface area contributed by atoms with Gasteiger partial charge < -0.3 is 15.0 Å². The summed E-state index contributed by atoms with van der Waals surface area (Å²) >= 11 is 0. The molecule has 3 aromatic rings. The van der Waals surface area contributed by atoms with Crippen LogP contribution in [0.15, 0.2) is 54.9 Å². The number of alkyl halides is 5. The number of benzene rings is 2. The van der Waals surface area contributed by atoms with Gasteiger partial charge in [0.2, 0.25) is 5.82 Å². The molecule has 0 saturated carbocycles. The van der Waals surface area contributed by atoms with Crippen LogP contribution in [0, 0.1) is 5.82 Å². The van der Waals surface area contributed by atoms with Crippen molar-refractivity contribution in [1.29, 1.82) is 0 Å². The van der Waals surface area contributed by atoms with Gasteiger partial charge >= 0.3 is 11.4 Å². The number of aromatic nitrogens is 2. The molecule has 1 aromatic heterocycles. The molecule has 2 heterocycles. The van der Waals surface area contributed by atoms with Crippen LogP contribution in [0.25, 0.3) is 0 Å². The molecule has 1 unspecified atom stereocenters. The monoisotopic (exact) mass is 575 g/mol. The number of halogens is 6. The summed E-state index contributed by atoms with van der Waals surface area (Å²) < 4.78 is 111. The van der Waals surface area contributed by atoms with Crippen molar-refractivity contribution in [3.8, 4) is 0 Å². The molecule has 0 aliphatic carbocycles. The number of nitrogens with one attached hydrogen (secondary N) is 2. The van der Waals surface area contributed by atoms with Crippen LogP contribution < -0.4 is 14.9 Å². The first-order valence-corrected chi connectivity index (χ1v) is 13.0. The molecule has 8 nitrogen and oxygen atoms in total. The number of sulfonamides is 1. The fourth-order valence-electron chi connectivity index (χ4n) is 3.83. The van der Waals surface area contributed by atoms with Gasteiger partial charge in [-0.2, -0.15) is 26.3 Å². The average Bonchev–Trinajstić information content (AvgIpc) is 2.88. The molecule has 0 radical (unpaired) electrons. The number of nitrogens with zero attached hydrogens (tertiary/aromatic N) is 3. The van der Waals surface area contributed by atoms with Gasteiger partial charge in [0, 0.05) is 25.7 Å². The number of ether oxygens (including phenoxy) is 1. The Balaban J connectivity index is 1.48. The molecule has 210 valence electrons. The van der Waals surface area contributed by atoms with E-state index in [4.69, 9.17) is 4.74 Å². The van der Waals surface area contributed by atoms with Gasteiger partial charge in [0.25, 0.3) is 10.0 Å². The van der Waals surface area contributed by atoms with E-state index in [1.807, 2.05) is 0 Å². The van der Waals surface area contributed by atoms with E-state index in [1.54, 1.807) is 9.62 Å². The molecule has 2 aromatic carbocycles. The summed E-state index contributed by atoms with van der Waals surface area (Å²) in [6.45, 7) is 0.908. The molecular weight excluding hydrogens is 552 g/mol.